The first-order valence-corrected chi connectivity index (χ1v) is 5.72. The van der Waals surface area contributed by atoms with Gasteiger partial charge in [0.05, 0.1) is 11.8 Å². The molecule has 0 spiro atoms. The Morgan fingerprint density at radius 3 is 2.73 bits per heavy atom. The topological polar surface area (TPSA) is 22.1 Å². The lowest BCUT2D eigenvalue weighted by molar-refractivity contribution is 0.241. The molecule has 0 atom stereocenters. The van der Waals surface area contributed by atoms with Crippen LogP contribution in [0.5, 0.6) is 5.19 Å². The van der Waals surface area contributed by atoms with Crippen LogP contribution in [0.15, 0.2) is 29.6 Å². The molecule has 3 heteroatoms. The molecule has 0 N–H and O–H groups in total. The molecule has 0 saturated carbocycles. The first-order chi connectivity index (χ1) is 7.25. The molecule has 77 valence electrons. The summed E-state index contributed by atoms with van der Waals surface area (Å²) in [6.07, 6.45) is 0.174. The van der Waals surface area contributed by atoms with E-state index in [1.165, 1.54) is 11.3 Å². The van der Waals surface area contributed by atoms with E-state index < -0.39 is 0 Å². The van der Waals surface area contributed by atoms with Crippen LogP contribution in [0.2, 0.25) is 0 Å². The standard InChI is InChI=1S/C12H12NOS/c1-9(2)14-12-13-11(8-15-12)10-6-4-3-5-7-10/h4-9H,1-2H3. The maximum atomic E-state index is 5.52. The molecule has 0 saturated heterocycles. The Kier molecular flexibility index (Phi) is 3.02. The number of ether oxygens (including phenoxy) is 1. The quantitative estimate of drug-likeness (QED) is 0.787. The fourth-order valence-corrected chi connectivity index (χ4v) is 2.00. The number of hydrogen-bond acceptors (Lipinski definition) is 3. The van der Waals surface area contributed by atoms with Crippen LogP contribution in [0.1, 0.15) is 13.8 Å². The van der Waals surface area contributed by atoms with Gasteiger partial charge in [0.25, 0.3) is 5.19 Å². The summed E-state index contributed by atoms with van der Waals surface area (Å²) in [6.45, 7) is 4.00. The van der Waals surface area contributed by atoms with E-state index in [1.807, 2.05) is 43.5 Å². The van der Waals surface area contributed by atoms with Gasteiger partial charge in [-0.1, -0.05) is 35.6 Å². The lowest BCUT2D eigenvalue weighted by Crippen LogP contribution is -2.04. The molecule has 1 heterocycles. The van der Waals surface area contributed by atoms with E-state index in [2.05, 4.69) is 11.1 Å². The normalized spacial score (nSPS) is 10.6. The lowest BCUT2D eigenvalue weighted by Gasteiger charge is -2.03. The van der Waals surface area contributed by atoms with Gasteiger partial charge in [-0.15, -0.1) is 0 Å². The van der Waals surface area contributed by atoms with E-state index in [9.17, 15) is 0 Å². The summed E-state index contributed by atoms with van der Waals surface area (Å²) in [4.78, 5) is 4.40. The largest absolute Gasteiger partial charge is 0.467 e. The zero-order valence-electron chi connectivity index (χ0n) is 8.73. The van der Waals surface area contributed by atoms with Crippen LogP contribution >= 0.6 is 11.3 Å². The maximum Gasteiger partial charge on any atom is 0.273 e. The Morgan fingerprint density at radius 1 is 1.33 bits per heavy atom. The summed E-state index contributed by atoms with van der Waals surface area (Å²) in [5.74, 6) is 0. The molecule has 0 aliphatic rings. The maximum absolute atomic E-state index is 5.52. The third-order valence-electron chi connectivity index (χ3n) is 1.83. The van der Waals surface area contributed by atoms with Gasteiger partial charge in [-0.05, 0) is 19.9 Å². The Labute approximate surface area is 93.6 Å². The summed E-state index contributed by atoms with van der Waals surface area (Å²) < 4.78 is 5.52. The zero-order chi connectivity index (χ0) is 10.7. The van der Waals surface area contributed by atoms with Gasteiger partial charge in [0, 0.05) is 10.9 Å². The molecule has 2 nitrogen and oxygen atoms in total. The van der Waals surface area contributed by atoms with Gasteiger partial charge >= 0.3 is 0 Å². The van der Waals surface area contributed by atoms with E-state index in [0.717, 1.165) is 16.5 Å². The van der Waals surface area contributed by atoms with Crippen molar-refractivity contribution in [1.82, 2.24) is 4.98 Å². The molecule has 2 aromatic rings. The van der Waals surface area contributed by atoms with Crippen LogP contribution in [0.4, 0.5) is 0 Å². The van der Waals surface area contributed by atoms with Crippen molar-refractivity contribution in [2.45, 2.75) is 20.0 Å². The molecule has 0 aliphatic heterocycles. The molecule has 1 aromatic heterocycles. The first kappa shape index (κ1) is 10.2. The minimum Gasteiger partial charge on any atom is -0.467 e. The van der Waals surface area contributed by atoms with Gasteiger partial charge in [0.15, 0.2) is 0 Å². The van der Waals surface area contributed by atoms with Crippen LogP contribution in [-0.2, 0) is 0 Å². The highest BCUT2D eigenvalue weighted by Gasteiger charge is 2.05. The highest BCUT2D eigenvalue weighted by molar-refractivity contribution is 7.11. The van der Waals surface area contributed by atoms with E-state index >= 15 is 0 Å². The van der Waals surface area contributed by atoms with Crippen molar-refractivity contribution in [3.8, 4) is 16.5 Å². The van der Waals surface area contributed by atoms with Gasteiger partial charge in [-0.25, -0.2) is 4.98 Å². The minimum atomic E-state index is 0.174. The molecule has 0 amide bonds. The highest BCUT2D eigenvalue weighted by Crippen LogP contribution is 2.26. The predicted octanol–water partition coefficient (Wildman–Crippen LogP) is 3.40. The van der Waals surface area contributed by atoms with Crippen LogP contribution in [0.3, 0.4) is 0 Å². The van der Waals surface area contributed by atoms with E-state index in [4.69, 9.17) is 4.74 Å². The van der Waals surface area contributed by atoms with Gasteiger partial charge in [0.1, 0.15) is 0 Å². The summed E-state index contributed by atoms with van der Waals surface area (Å²) in [5, 5.41) is 2.74. The second-order valence-electron chi connectivity index (χ2n) is 3.45. The average molecular weight is 218 g/mol. The number of benzene rings is 1. The molecule has 1 aromatic carbocycles. The number of thiazole rings is 1. The van der Waals surface area contributed by atoms with Crippen LogP contribution in [-0.4, -0.2) is 11.1 Å². The molecule has 2 rings (SSSR count). The summed E-state index contributed by atoms with van der Waals surface area (Å²) in [6, 6.07) is 10.7. The van der Waals surface area contributed by atoms with Crippen LogP contribution in [0, 0.1) is 6.07 Å². The molecular weight excluding hydrogens is 206 g/mol. The van der Waals surface area contributed by atoms with Crippen molar-refractivity contribution in [3.63, 3.8) is 0 Å². The third kappa shape index (κ3) is 2.57. The Balaban J connectivity index is 2.21. The van der Waals surface area contributed by atoms with E-state index in [0.29, 0.717) is 0 Å². The van der Waals surface area contributed by atoms with E-state index in [-0.39, 0.29) is 6.10 Å². The number of rotatable bonds is 3. The number of aromatic nitrogens is 1. The highest BCUT2D eigenvalue weighted by atomic mass is 32.1. The molecular formula is C12H12NOS. The molecule has 0 fully saturated rings. The SMILES string of the molecule is CC(C)Oc1nc(-c2cc[c]cc2)cs1. The lowest BCUT2D eigenvalue weighted by atomic mass is 10.2. The Morgan fingerprint density at radius 2 is 2.07 bits per heavy atom. The second kappa shape index (κ2) is 4.45. The summed E-state index contributed by atoms with van der Waals surface area (Å²) in [7, 11) is 0. The van der Waals surface area contributed by atoms with Crippen LogP contribution < -0.4 is 4.74 Å². The second-order valence-corrected chi connectivity index (χ2v) is 4.27. The van der Waals surface area contributed by atoms with Crippen molar-refractivity contribution in [3.05, 3.63) is 35.7 Å². The molecule has 0 unspecified atom stereocenters. The Bertz CT molecular complexity index is 422. The van der Waals surface area contributed by atoms with Gasteiger partial charge in [-0.3, -0.25) is 0 Å². The monoisotopic (exact) mass is 218 g/mol. The van der Waals surface area contributed by atoms with Gasteiger partial charge < -0.3 is 4.74 Å². The average Bonchev–Trinajstić information content (AvgIpc) is 2.67. The predicted molar refractivity (Wildman–Crippen MR) is 62.2 cm³/mol. The molecule has 0 aliphatic carbocycles. The van der Waals surface area contributed by atoms with Crippen molar-refractivity contribution >= 4 is 11.3 Å². The van der Waals surface area contributed by atoms with Crippen molar-refractivity contribution in [1.29, 1.82) is 0 Å². The van der Waals surface area contributed by atoms with Gasteiger partial charge in [-0.2, -0.15) is 0 Å². The first-order valence-electron chi connectivity index (χ1n) is 4.84. The van der Waals surface area contributed by atoms with Gasteiger partial charge in [0.2, 0.25) is 0 Å². The van der Waals surface area contributed by atoms with Crippen molar-refractivity contribution in [2.24, 2.45) is 0 Å². The fourth-order valence-electron chi connectivity index (χ4n) is 1.20. The van der Waals surface area contributed by atoms with Crippen LogP contribution in [0.25, 0.3) is 11.3 Å². The fraction of sp³-hybridized carbons (Fsp3) is 0.250. The zero-order valence-corrected chi connectivity index (χ0v) is 9.54. The summed E-state index contributed by atoms with van der Waals surface area (Å²) >= 11 is 1.53. The van der Waals surface area contributed by atoms with Crippen molar-refractivity contribution < 1.29 is 4.74 Å². The number of nitrogens with zero attached hydrogens (tertiary/aromatic N) is 1. The van der Waals surface area contributed by atoms with E-state index in [1.54, 1.807) is 0 Å². The molecule has 1 radical (unpaired) electrons. The third-order valence-corrected chi connectivity index (χ3v) is 2.56. The molecule has 15 heavy (non-hydrogen) atoms. The van der Waals surface area contributed by atoms with Crippen molar-refractivity contribution in [2.75, 3.05) is 0 Å². The Hall–Kier alpha value is -1.35. The summed E-state index contributed by atoms with van der Waals surface area (Å²) in [5.41, 5.74) is 2.06. The minimum absolute atomic E-state index is 0.174. The number of hydrogen-bond donors (Lipinski definition) is 0. The molecule has 0 bridgehead atoms. The smallest absolute Gasteiger partial charge is 0.273 e.